The number of piperazine rings is 1. The lowest BCUT2D eigenvalue weighted by Gasteiger charge is -2.34. The van der Waals surface area contributed by atoms with Crippen LogP contribution in [0.25, 0.3) is 0 Å². The Kier molecular flexibility index (Phi) is 8.05. The van der Waals surface area contributed by atoms with Gasteiger partial charge >= 0.3 is 0 Å². The number of hydrogen-bond acceptors (Lipinski definition) is 5. The summed E-state index contributed by atoms with van der Waals surface area (Å²) in [6.07, 6.45) is 0. The van der Waals surface area contributed by atoms with E-state index in [0.29, 0.717) is 5.56 Å². The monoisotopic (exact) mass is 393 g/mol. The zero-order valence-corrected chi connectivity index (χ0v) is 15.1. The van der Waals surface area contributed by atoms with Crippen molar-refractivity contribution in [1.29, 1.82) is 0 Å². The molecule has 1 aliphatic rings. The quantitative estimate of drug-likeness (QED) is 0.636. The molecule has 132 valence electrons. The molecule has 1 aliphatic heterocycles. The molecule has 24 heavy (non-hydrogen) atoms. The first-order valence-electron chi connectivity index (χ1n) is 7.09. The molecule has 2 heterocycles. The number of hydrogen-bond donors (Lipinski definition) is 1. The topological polar surface area (TPSA) is 58.4 Å². The second-order valence-electron chi connectivity index (χ2n) is 5.16. The van der Waals surface area contributed by atoms with E-state index in [1.54, 1.807) is 17.4 Å². The van der Waals surface area contributed by atoms with Gasteiger partial charge < -0.3 is 5.32 Å². The van der Waals surface area contributed by atoms with Gasteiger partial charge in [0, 0.05) is 31.1 Å². The summed E-state index contributed by atoms with van der Waals surface area (Å²) in [7, 11) is 0. The SMILES string of the molecule is Cl.Cl.O=[N+]([O-])c1cc(F)ccc1[C@@H](c1cccs1)N1CCNCC1. The lowest BCUT2D eigenvalue weighted by Crippen LogP contribution is -2.45. The fraction of sp³-hybridized carbons (Fsp3) is 0.333. The van der Waals surface area contributed by atoms with Gasteiger partial charge in [-0.25, -0.2) is 4.39 Å². The molecule has 1 aromatic carbocycles. The zero-order valence-electron chi connectivity index (χ0n) is 12.7. The largest absolute Gasteiger partial charge is 0.314 e. The smallest absolute Gasteiger partial charge is 0.277 e. The van der Waals surface area contributed by atoms with Crippen LogP contribution in [0.5, 0.6) is 0 Å². The van der Waals surface area contributed by atoms with E-state index in [0.717, 1.165) is 37.1 Å². The Morgan fingerprint density at radius 2 is 1.96 bits per heavy atom. The van der Waals surface area contributed by atoms with Crippen molar-refractivity contribution < 1.29 is 9.31 Å². The Hall–Kier alpha value is -1.25. The maximum atomic E-state index is 13.4. The molecule has 0 bridgehead atoms. The highest BCUT2D eigenvalue weighted by atomic mass is 35.5. The third kappa shape index (κ3) is 4.43. The number of nitrogens with one attached hydrogen (secondary N) is 1. The number of benzene rings is 1. The first-order chi connectivity index (χ1) is 10.7. The van der Waals surface area contributed by atoms with Crippen LogP contribution in [0, 0.1) is 15.9 Å². The number of nitrogens with zero attached hydrogens (tertiary/aromatic N) is 2. The molecule has 1 aromatic heterocycles. The maximum Gasteiger partial charge on any atom is 0.277 e. The Morgan fingerprint density at radius 3 is 2.54 bits per heavy atom. The summed E-state index contributed by atoms with van der Waals surface area (Å²) in [5.74, 6) is -0.583. The third-order valence-electron chi connectivity index (χ3n) is 3.81. The molecule has 1 fully saturated rings. The van der Waals surface area contributed by atoms with Crippen LogP contribution in [-0.2, 0) is 0 Å². The number of nitro groups is 1. The molecule has 5 nitrogen and oxygen atoms in total. The van der Waals surface area contributed by atoms with E-state index >= 15 is 0 Å². The van der Waals surface area contributed by atoms with Crippen LogP contribution >= 0.6 is 36.2 Å². The van der Waals surface area contributed by atoms with Gasteiger partial charge in [-0.3, -0.25) is 15.0 Å². The fourth-order valence-corrected chi connectivity index (χ4v) is 3.70. The second-order valence-corrected chi connectivity index (χ2v) is 6.14. The van der Waals surface area contributed by atoms with Crippen LogP contribution in [0.15, 0.2) is 35.7 Å². The van der Waals surface area contributed by atoms with Crippen molar-refractivity contribution >= 4 is 41.8 Å². The Morgan fingerprint density at radius 1 is 1.25 bits per heavy atom. The summed E-state index contributed by atoms with van der Waals surface area (Å²) in [6, 6.07) is 7.56. The molecule has 2 aromatic rings. The zero-order chi connectivity index (χ0) is 15.5. The minimum atomic E-state index is -0.583. The first kappa shape index (κ1) is 20.8. The summed E-state index contributed by atoms with van der Waals surface area (Å²) in [6.45, 7) is 3.29. The van der Waals surface area contributed by atoms with E-state index in [9.17, 15) is 14.5 Å². The molecule has 0 spiro atoms. The fourth-order valence-electron chi connectivity index (χ4n) is 2.82. The number of nitro benzene ring substituents is 1. The van der Waals surface area contributed by atoms with Crippen molar-refractivity contribution in [3.8, 4) is 0 Å². The Balaban J connectivity index is 0.00000144. The van der Waals surface area contributed by atoms with E-state index in [2.05, 4.69) is 10.2 Å². The highest BCUT2D eigenvalue weighted by Crippen LogP contribution is 2.37. The normalized spacial score (nSPS) is 15.9. The predicted octanol–water partition coefficient (Wildman–Crippen LogP) is 3.63. The van der Waals surface area contributed by atoms with Crippen molar-refractivity contribution in [1.82, 2.24) is 10.2 Å². The molecule has 0 unspecified atom stereocenters. The molecule has 9 heteroatoms. The molecule has 0 saturated carbocycles. The summed E-state index contributed by atoms with van der Waals surface area (Å²) in [4.78, 5) is 14.1. The molecule has 0 aliphatic carbocycles. The average molecular weight is 394 g/mol. The molecule has 1 atom stereocenters. The molecule has 0 amide bonds. The van der Waals surface area contributed by atoms with Crippen molar-refractivity contribution in [2.45, 2.75) is 6.04 Å². The van der Waals surface area contributed by atoms with Gasteiger partial charge in [-0.2, -0.15) is 0 Å². The molecule has 1 saturated heterocycles. The minimum Gasteiger partial charge on any atom is -0.314 e. The van der Waals surface area contributed by atoms with Crippen LogP contribution in [-0.4, -0.2) is 36.0 Å². The lowest BCUT2D eigenvalue weighted by molar-refractivity contribution is -0.386. The minimum absolute atomic E-state index is 0. The van der Waals surface area contributed by atoms with Gasteiger partial charge in [-0.15, -0.1) is 36.2 Å². The third-order valence-corrected chi connectivity index (χ3v) is 4.74. The predicted molar refractivity (Wildman–Crippen MR) is 98.2 cm³/mol. The summed E-state index contributed by atoms with van der Waals surface area (Å²) in [5.41, 5.74) is 0.396. The van der Waals surface area contributed by atoms with Gasteiger partial charge in [0.25, 0.3) is 5.69 Å². The van der Waals surface area contributed by atoms with Crippen molar-refractivity contribution in [3.05, 3.63) is 62.1 Å². The van der Waals surface area contributed by atoms with Crippen LogP contribution in [0.3, 0.4) is 0 Å². The van der Waals surface area contributed by atoms with Gasteiger partial charge in [0.1, 0.15) is 5.82 Å². The van der Waals surface area contributed by atoms with Gasteiger partial charge in [0.05, 0.1) is 22.6 Å². The van der Waals surface area contributed by atoms with E-state index < -0.39 is 10.7 Å². The highest BCUT2D eigenvalue weighted by molar-refractivity contribution is 7.10. The Bertz CT molecular complexity index is 667. The second kappa shape index (κ2) is 9.29. The van der Waals surface area contributed by atoms with Crippen LogP contribution in [0.1, 0.15) is 16.5 Å². The maximum absolute atomic E-state index is 13.4. The van der Waals surface area contributed by atoms with Gasteiger partial charge in [-0.05, 0) is 23.6 Å². The van der Waals surface area contributed by atoms with Gasteiger partial charge in [0.15, 0.2) is 0 Å². The van der Waals surface area contributed by atoms with Crippen molar-refractivity contribution in [2.24, 2.45) is 0 Å². The number of rotatable bonds is 4. The number of halogens is 3. The van der Waals surface area contributed by atoms with Crippen molar-refractivity contribution in [3.63, 3.8) is 0 Å². The average Bonchev–Trinajstić information content (AvgIpc) is 3.04. The van der Waals surface area contributed by atoms with E-state index in [1.165, 1.54) is 6.07 Å². The standard InChI is InChI=1S/C15H16FN3O2S.2ClH/c16-11-3-4-12(13(10-11)19(20)21)15(14-2-1-9-22-14)18-7-5-17-6-8-18;;/h1-4,9-10,15,17H,5-8H2;2*1H/t15-;;/m0../s1. The van der Waals surface area contributed by atoms with Crippen LogP contribution in [0.2, 0.25) is 0 Å². The first-order valence-corrected chi connectivity index (χ1v) is 7.97. The highest BCUT2D eigenvalue weighted by Gasteiger charge is 2.30. The molecular formula is C15H18Cl2FN3O2S. The van der Waals surface area contributed by atoms with Gasteiger partial charge in [-0.1, -0.05) is 6.07 Å². The lowest BCUT2D eigenvalue weighted by atomic mass is 10.0. The summed E-state index contributed by atoms with van der Waals surface area (Å²) >= 11 is 1.57. The van der Waals surface area contributed by atoms with E-state index in [-0.39, 0.29) is 36.5 Å². The van der Waals surface area contributed by atoms with Crippen LogP contribution < -0.4 is 5.32 Å². The van der Waals surface area contributed by atoms with E-state index in [1.807, 2.05) is 17.5 Å². The molecule has 0 radical (unpaired) electrons. The molecule has 3 rings (SSSR count). The number of thiophene rings is 1. The Labute approximate surface area is 155 Å². The summed E-state index contributed by atoms with van der Waals surface area (Å²) < 4.78 is 13.4. The van der Waals surface area contributed by atoms with Crippen LogP contribution in [0.4, 0.5) is 10.1 Å². The molecule has 1 N–H and O–H groups in total. The summed E-state index contributed by atoms with van der Waals surface area (Å²) in [5, 5.41) is 16.6. The van der Waals surface area contributed by atoms with Gasteiger partial charge in [0.2, 0.25) is 0 Å². The van der Waals surface area contributed by atoms with E-state index in [4.69, 9.17) is 0 Å². The molecular weight excluding hydrogens is 376 g/mol. The van der Waals surface area contributed by atoms with Crippen molar-refractivity contribution in [2.75, 3.05) is 26.2 Å².